The second kappa shape index (κ2) is 10.9. The third-order valence-electron chi connectivity index (χ3n) is 6.59. The number of likely N-dealkylation sites (tertiary alicyclic amines) is 1. The number of hydrogen-bond donors (Lipinski definition) is 1. The maximum atomic E-state index is 14.0. The molecule has 1 saturated heterocycles. The molecule has 5 rings (SSSR count). The summed E-state index contributed by atoms with van der Waals surface area (Å²) in [6.07, 6.45) is 0.389. The van der Waals surface area contributed by atoms with Crippen molar-refractivity contribution >= 4 is 34.6 Å². The number of allylic oxidation sites excluding steroid dienone is 1. The number of rotatable bonds is 7. The Morgan fingerprint density at radius 1 is 1.10 bits per heavy atom. The number of halogens is 4. The average Bonchev–Trinajstić information content (AvgIpc) is 3.56. The maximum absolute atomic E-state index is 14.0. The number of amides is 1. The number of nitrogen functional groups attached to an aromatic ring is 1. The zero-order valence-electron chi connectivity index (χ0n) is 21.1. The van der Waals surface area contributed by atoms with E-state index in [1.807, 2.05) is 0 Å². The summed E-state index contributed by atoms with van der Waals surface area (Å²) in [5, 5.41) is 0.212. The third-order valence-corrected chi connectivity index (χ3v) is 6.59. The van der Waals surface area contributed by atoms with Crippen LogP contribution in [0.25, 0.3) is 28.3 Å². The number of aromatic nitrogens is 2. The number of carbonyl (C=O) groups is 2. The fourth-order valence-electron chi connectivity index (χ4n) is 4.50. The van der Waals surface area contributed by atoms with Gasteiger partial charge < -0.3 is 15.1 Å². The Morgan fingerprint density at radius 2 is 1.93 bits per heavy atom. The number of alkyl halides is 4. The van der Waals surface area contributed by atoms with E-state index in [4.69, 9.17) is 10.2 Å². The molecule has 7 nitrogen and oxygen atoms in total. The molecule has 0 bridgehead atoms. The number of ketones is 1. The van der Waals surface area contributed by atoms with Crippen LogP contribution in [0.2, 0.25) is 0 Å². The Labute approximate surface area is 226 Å². The minimum atomic E-state index is -4.70. The number of pyridine rings is 2. The molecule has 4 heterocycles. The first-order chi connectivity index (χ1) is 19.1. The molecule has 0 radical (unpaired) electrons. The fourth-order valence-corrected chi connectivity index (χ4v) is 4.50. The number of hydrogen-bond acceptors (Lipinski definition) is 6. The standard InChI is InChI=1S/C29H24F4N4O3/c30-21-9-10-37(16-21)28(39)18-3-7-25(35-15-18)19-11-20-12-23(40-27(20)24(13-19)29(31,32)33)6-5-22(38)4-1-17-2-8-26(34)36-14-17/h1-4,7-8,11-15,21H,5-6,9-10,16H2,(H2,34,36)/b4-1+/t21-/m0/s1. The summed E-state index contributed by atoms with van der Waals surface area (Å²) in [7, 11) is 0. The summed E-state index contributed by atoms with van der Waals surface area (Å²) < 4.78 is 60.9. The molecule has 1 atom stereocenters. The van der Waals surface area contributed by atoms with Crippen LogP contribution in [0.1, 0.15) is 40.1 Å². The molecule has 3 aromatic heterocycles. The first-order valence-corrected chi connectivity index (χ1v) is 12.5. The number of carbonyl (C=O) groups excluding carboxylic acids is 2. The molecular formula is C29H24F4N4O3. The second-order valence-electron chi connectivity index (χ2n) is 9.54. The minimum Gasteiger partial charge on any atom is -0.460 e. The Morgan fingerprint density at radius 3 is 2.58 bits per heavy atom. The quantitative estimate of drug-likeness (QED) is 0.227. The lowest BCUT2D eigenvalue weighted by Crippen LogP contribution is -2.29. The molecule has 1 aromatic carbocycles. The predicted molar refractivity (Wildman–Crippen MR) is 141 cm³/mol. The molecule has 0 spiro atoms. The van der Waals surface area contributed by atoms with E-state index in [1.165, 1.54) is 47.6 Å². The lowest BCUT2D eigenvalue weighted by atomic mass is 10.0. The van der Waals surface area contributed by atoms with Gasteiger partial charge in [0.2, 0.25) is 0 Å². The summed E-state index contributed by atoms with van der Waals surface area (Å²) >= 11 is 0. The molecule has 1 fully saturated rings. The van der Waals surface area contributed by atoms with Crippen molar-refractivity contribution in [1.82, 2.24) is 14.9 Å². The number of fused-ring (bicyclic) bond motifs is 1. The highest BCUT2D eigenvalue weighted by molar-refractivity contribution is 5.95. The first kappa shape index (κ1) is 27.0. The average molecular weight is 553 g/mol. The lowest BCUT2D eigenvalue weighted by Gasteiger charge is -2.15. The van der Waals surface area contributed by atoms with Crippen molar-refractivity contribution in [2.24, 2.45) is 0 Å². The van der Waals surface area contributed by atoms with Crippen LogP contribution < -0.4 is 5.73 Å². The molecule has 0 saturated carbocycles. The van der Waals surface area contributed by atoms with Crippen molar-refractivity contribution in [2.75, 3.05) is 18.8 Å². The van der Waals surface area contributed by atoms with Gasteiger partial charge >= 0.3 is 6.18 Å². The number of nitrogens with zero attached hydrogens (tertiary/aromatic N) is 3. The maximum Gasteiger partial charge on any atom is 0.420 e. The van der Waals surface area contributed by atoms with Gasteiger partial charge in [-0.3, -0.25) is 14.6 Å². The molecule has 2 N–H and O–H groups in total. The van der Waals surface area contributed by atoms with Gasteiger partial charge in [-0.05, 0) is 66.6 Å². The van der Waals surface area contributed by atoms with Crippen LogP contribution in [0.4, 0.5) is 23.4 Å². The molecule has 206 valence electrons. The van der Waals surface area contributed by atoms with Gasteiger partial charge in [-0.1, -0.05) is 0 Å². The second-order valence-corrected chi connectivity index (χ2v) is 9.54. The number of anilines is 1. The van der Waals surface area contributed by atoms with E-state index in [9.17, 15) is 27.2 Å². The smallest absolute Gasteiger partial charge is 0.420 e. The summed E-state index contributed by atoms with van der Waals surface area (Å²) in [6, 6.07) is 10.2. The summed E-state index contributed by atoms with van der Waals surface area (Å²) in [4.78, 5) is 34.4. The van der Waals surface area contributed by atoms with Crippen molar-refractivity contribution in [3.63, 3.8) is 0 Å². The normalized spacial score (nSPS) is 15.8. The zero-order chi connectivity index (χ0) is 28.4. The Kier molecular flexibility index (Phi) is 7.38. The highest BCUT2D eigenvalue weighted by Crippen LogP contribution is 2.39. The van der Waals surface area contributed by atoms with Gasteiger partial charge in [0.15, 0.2) is 5.78 Å². The predicted octanol–water partition coefficient (Wildman–Crippen LogP) is 5.89. The van der Waals surface area contributed by atoms with E-state index in [2.05, 4.69) is 9.97 Å². The van der Waals surface area contributed by atoms with Crippen molar-refractivity contribution in [3.05, 3.63) is 83.4 Å². The van der Waals surface area contributed by atoms with E-state index in [0.29, 0.717) is 17.9 Å². The number of benzene rings is 1. The molecule has 1 amide bonds. The van der Waals surface area contributed by atoms with E-state index in [-0.39, 0.29) is 71.0 Å². The first-order valence-electron chi connectivity index (χ1n) is 12.5. The topological polar surface area (TPSA) is 102 Å². The zero-order valence-corrected chi connectivity index (χ0v) is 21.1. The van der Waals surface area contributed by atoms with Gasteiger partial charge in [0.25, 0.3) is 5.91 Å². The van der Waals surface area contributed by atoms with E-state index < -0.39 is 17.9 Å². The summed E-state index contributed by atoms with van der Waals surface area (Å²) in [5.41, 5.74) is 5.57. The number of nitrogens with two attached hydrogens (primary N) is 1. The molecule has 11 heteroatoms. The monoisotopic (exact) mass is 552 g/mol. The van der Waals surface area contributed by atoms with E-state index in [1.54, 1.807) is 18.2 Å². The van der Waals surface area contributed by atoms with Gasteiger partial charge in [-0.15, -0.1) is 0 Å². The Hall–Kier alpha value is -4.54. The Balaban J connectivity index is 1.35. The fraction of sp³-hybridized carbons (Fsp3) is 0.241. The van der Waals surface area contributed by atoms with Crippen LogP contribution in [-0.4, -0.2) is 45.8 Å². The molecule has 40 heavy (non-hydrogen) atoms. The van der Waals surface area contributed by atoms with Gasteiger partial charge in [-0.2, -0.15) is 13.2 Å². The van der Waals surface area contributed by atoms with E-state index in [0.717, 1.165) is 6.07 Å². The number of furan rings is 1. The van der Waals surface area contributed by atoms with E-state index >= 15 is 0 Å². The SMILES string of the molecule is Nc1ccc(/C=C/C(=O)CCc2cc3cc(-c4ccc(C(=O)N5CC[C@H](F)C5)cn4)cc(C(F)(F)F)c3o2)cn1. The molecular weight excluding hydrogens is 528 g/mol. The van der Waals surface area contributed by atoms with Crippen LogP contribution in [0.15, 0.2) is 65.4 Å². The van der Waals surface area contributed by atoms with Crippen LogP contribution in [0, 0.1) is 0 Å². The van der Waals surface area contributed by atoms with Crippen molar-refractivity contribution in [2.45, 2.75) is 31.6 Å². The third kappa shape index (κ3) is 6.03. The molecule has 0 aliphatic carbocycles. The van der Waals surface area contributed by atoms with Crippen molar-refractivity contribution in [3.8, 4) is 11.3 Å². The largest absolute Gasteiger partial charge is 0.460 e. The van der Waals surface area contributed by atoms with Gasteiger partial charge in [-0.25, -0.2) is 9.37 Å². The Bertz CT molecular complexity index is 1580. The number of aryl methyl sites for hydroxylation is 1. The molecule has 1 aliphatic rings. The lowest BCUT2D eigenvalue weighted by molar-refractivity contribution is -0.136. The summed E-state index contributed by atoms with van der Waals surface area (Å²) in [5.74, 6) is -0.0182. The van der Waals surface area contributed by atoms with Gasteiger partial charge in [0.05, 0.1) is 23.4 Å². The van der Waals surface area contributed by atoms with Gasteiger partial charge in [0, 0.05) is 42.7 Å². The van der Waals surface area contributed by atoms with Crippen LogP contribution in [-0.2, 0) is 17.4 Å². The molecule has 1 aliphatic heterocycles. The van der Waals surface area contributed by atoms with Crippen LogP contribution in [0.3, 0.4) is 0 Å². The van der Waals surface area contributed by atoms with Crippen molar-refractivity contribution < 1.29 is 31.6 Å². The summed E-state index contributed by atoms with van der Waals surface area (Å²) in [6.45, 7) is 0.315. The molecule has 0 unspecified atom stereocenters. The van der Waals surface area contributed by atoms with Crippen LogP contribution >= 0.6 is 0 Å². The van der Waals surface area contributed by atoms with Crippen LogP contribution in [0.5, 0.6) is 0 Å². The van der Waals surface area contributed by atoms with Gasteiger partial charge in [0.1, 0.15) is 23.3 Å². The van der Waals surface area contributed by atoms with Crippen molar-refractivity contribution in [1.29, 1.82) is 0 Å². The highest BCUT2D eigenvalue weighted by atomic mass is 19.4. The molecule has 4 aromatic rings. The minimum absolute atomic E-state index is 0.0109. The highest BCUT2D eigenvalue weighted by Gasteiger charge is 2.35.